The molecular formula is C25H25N5O4. The monoisotopic (exact) mass is 459 g/mol. The normalized spacial score (nSPS) is 18.0. The first kappa shape index (κ1) is 21.8. The number of aromatic nitrogens is 5. The largest absolute Gasteiger partial charge is 0.497 e. The van der Waals surface area contributed by atoms with Gasteiger partial charge >= 0.3 is 12.0 Å². The van der Waals surface area contributed by atoms with Gasteiger partial charge in [-0.05, 0) is 55.9 Å². The number of hydrogen-bond donors (Lipinski definition) is 2. The van der Waals surface area contributed by atoms with Crippen LogP contribution in [0.25, 0.3) is 33.7 Å². The number of pyridine rings is 1. The molecule has 3 heterocycles. The summed E-state index contributed by atoms with van der Waals surface area (Å²) in [7, 11) is 1.64. The van der Waals surface area contributed by atoms with Gasteiger partial charge in [0.15, 0.2) is 0 Å². The van der Waals surface area contributed by atoms with Crippen molar-refractivity contribution in [2.24, 2.45) is 5.92 Å². The zero-order chi connectivity index (χ0) is 23.5. The van der Waals surface area contributed by atoms with E-state index < -0.39 is 5.97 Å². The molecule has 0 unspecified atom stereocenters. The third-order valence-corrected chi connectivity index (χ3v) is 6.18. The molecule has 0 saturated heterocycles. The zero-order valence-corrected chi connectivity index (χ0v) is 18.8. The van der Waals surface area contributed by atoms with Crippen molar-refractivity contribution < 1.29 is 19.4 Å². The number of methoxy groups -OCH3 is 1. The van der Waals surface area contributed by atoms with Gasteiger partial charge in [0.2, 0.25) is 0 Å². The van der Waals surface area contributed by atoms with E-state index >= 15 is 0 Å². The van der Waals surface area contributed by atoms with Gasteiger partial charge in [-0.25, -0.2) is 15.0 Å². The number of carbonyl (C=O) groups is 1. The summed E-state index contributed by atoms with van der Waals surface area (Å²) in [6.45, 7) is 0. The molecule has 1 aromatic carbocycles. The Labute approximate surface area is 196 Å². The van der Waals surface area contributed by atoms with Gasteiger partial charge in [-0.3, -0.25) is 9.78 Å². The predicted molar refractivity (Wildman–Crippen MR) is 126 cm³/mol. The lowest BCUT2D eigenvalue weighted by Gasteiger charge is -2.27. The number of carboxylic acids is 1. The predicted octanol–water partition coefficient (Wildman–Crippen LogP) is 4.50. The highest BCUT2D eigenvalue weighted by molar-refractivity contribution is 5.80. The molecule has 3 aromatic heterocycles. The number of aliphatic carboxylic acids is 1. The number of benzene rings is 1. The van der Waals surface area contributed by atoms with E-state index in [9.17, 15) is 4.79 Å². The molecule has 2 N–H and O–H groups in total. The maximum Gasteiger partial charge on any atom is 0.316 e. The molecule has 0 bridgehead atoms. The highest BCUT2D eigenvalue weighted by atomic mass is 16.5. The Morgan fingerprint density at radius 2 is 1.79 bits per heavy atom. The van der Waals surface area contributed by atoms with E-state index in [4.69, 9.17) is 14.6 Å². The van der Waals surface area contributed by atoms with Crippen molar-refractivity contribution >= 4 is 17.0 Å². The zero-order valence-electron chi connectivity index (χ0n) is 18.8. The van der Waals surface area contributed by atoms with E-state index in [0.717, 1.165) is 65.1 Å². The Bertz CT molecular complexity index is 1280. The Morgan fingerprint density at radius 3 is 2.47 bits per heavy atom. The van der Waals surface area contributed by atoms with Crippen molar-refractivity contribution in [1.82, 2.24) is 24.9 Å². The molecule has 0 amide bonds. The number of aromatic amines is 1. The van der Waals surface area contributed by atoms with E-state index in [1.165, 1.54) is 0 Å². The summed E-state index contributed by atoms with van der Waals surface area (Å²) in [4.78, 5) is 32.0. The Balaban J connectivity index is 1.22. The van der Waals surface area contributed by atoms with Crippen LogP contribution < -0.4 is 9.47 Å². The minimum absolute atomic E-state index is 0.0251. The molecule has 174 valence electrons. The summed E-state index contributed by atoms with van der Waals surface area (Å²) in [6.07, 6.45) is 8.77. The van der Waals surface area contributed by atoms with Crippen molar-refractivity contribution in [2.45, 2.75) is 38.2 Å². The fraction of sp³-hybridized carbons (Fsp3) is 0.320. The molecule has 0 radical (unpaired) electrons. The summed E-state index contributed by atoms with van der Waals surface area (Å²) < 4.78 is 11.2. The van der Waals surface area contributed by atoms with Crippen molar-refractivity contribution in [1.29, 1.82) is 0 Å². The van der Waals surface area contributed by atoms with E-state index in [-0.39, 0.29) is 18.4 Å². The SMILES string of the molecule is COc1ccc2nc(-c3ccc(-c4cnc(OC5CCC(CC(=O)O)CC5)nc4)nc3)[nH]c2c1. The van der Waals surface area contributed by atoms with Gasteiger partial charge in [0.25, 0.3) is 0 Å². The van der Waals surface area contributed by atoms with Crippen LogP contribution in [-0.4, -0.2) is 49.2 Å². The van der Waals surface area contributed by atoms with Crippen LogP contribution in [0.1, 0.15) is 32.1 Å². The van der Waals surface area contributed by atoms with Crippen LogP contribution >= 0.6 is 0 Å². The second-order valence-corrected chi connectivity index (χ2v) is 8.51. The molecule has 1 aliphatic rings. The number of ether oxygens (including phenoxy) is 2. The molecule has 1 saturated carbocycles. The highest BCUT2D eigenvalue weighted by Crippen LogP contribution is 2.29. The van der Waals surface area contributed by atoms with Crippen LogP contribution in [0.15, 0.2) is 48.9 Å². The number of fused-ring (bicyclic) bond motifs is 1. The Hall–Kier alpha value is -4.01. The minimum atomic E-state index is -0.733. The molecule has 4 aromatic rings. The lowest BCUT2D eigenvalue weighted by atomic mass is 9.85. The average molecular weight is 460 g/mol. The molecule has 34 heavy (non-hydrogen) atoms. The molecule has 0 spiro atoms. The summed E-state index contributed by atoms with van der Waals surface area (Å²) in [6, 6.07) is 9.91. The van der Waals surface area contributed by atoms with Crippen molar-refractivity contribution in [3.8, 4) is 34.4 Å². The van der Waals surface area contributed by atoms with Crippen LogP contribution in [0.4, 0.5) is 0 Å². The minimum Gasteiger partial charge on any atom is -0.497 e. The topological polar surface area (TPSA) is 123 Å². The Morgan fingerprint density at radius 1 is 1.03 bits per heavy atom. The fourth-order valence-corrected chi connectivity index (χ4v) is 4.32. The molecule has 9 nitrogen and oxygen atoms in total. The number of carboxylic acid groups (broad SMARTS) is 1. The van der Waals surface area contributed by atoms with E-state index in [1.54, 1.807) is 25.7 Å². The fourth-order valence-electron chi connectivity index (χ4n) is 4.32. The molecule has 1 fully saturated rings. The summed E-state index contributed by atoms with van der Waals surface area (Å²) >= 11 is 0. The Kier molecular flexibility index (Phi) is 6.07. The summed E-state index contributed by atoms with van der Waals surface area (Å²) in [5.74, 6) is 1.01. The van der Waals surface area contributed by atoms with E-state index in [1.807, 2.05) is 30.3 Å². The van der Waals surface area contributed by atoms with Gasteiger partial charge in [-0.2, -0.15) is 0 Å². The van der Waals surface area contributed by atoms with E-state index in [0.29, 0.717) is 6.01 Å². The second kappa shape index (κ2) is 9.46. The lowest BCUT2D eigenvalue weighted by Crippen LogP contribution is -2.25. The number of nitrogens with zero attached hydrogens (tertiary/aromatic N) is 4. The smallest absolute Gasteiger partial charge is 0.316 e. The van der Waals surface area contributed by atoms with Gasteiger partial charge in [0, 0.05) is 42.2 Å². The summed E-state index contributed by atoms with van der Waals surface area (Å²) in [5, 5.41) is 8.94. The van der Waals surface area contributed by atoms with Crippen LogP contribution in [0, 0.1) is 5.92 Å². The third-order valence-electron chi connectivity index (χ3n) is 6.18. The van der Waals surface area contributed by atoms with Crippen molar-refractivity contribution in [3.63, 3.8) is 0 Å². The van der Waals surface area contributed by atoms with Crippen LogP contribution in [0.5, 0.6) is 11.8 Å². The maximum atomic E-state index is 10.9. The lowest BCUT2D eigenvalue weighted by molar-refractivity contribution is -0.138. The maximum absolute atomic E-state index is 10.9. The third kappa shape index (κ3) is 4.83. The van der Waals surface area contributed by atoms with Crippen LogP contribution in [-0.2, 0) is 4.79 Å². The number of H-pyrrole nitrogens is 1. The first-order valence-electron chi connectivity index (χ1n) is 11.3. The molecular weight excluding hydrogens is 434 g/mol. The molecule has 0 atom stereocenters. The molecule has 5 rings (SSSR count). The van der Waals surface area contributed by atoms with Gasteiger partial charge < -0.3 is 19.6 Å². The first-order chi connectivity index (χ1) is 16.6. The van der Waals surface area contributed by atoms with Gasteiger partial charge in [0.1, 0.15) is 17.7 Å². The highest BCUT2D eigenvalue weighted by Gasteiger charge is 2.24. The average Bonchev–Trinajstić information content (AvgIpc) is 3.29. The molecule has 9 heteroatoms. The second-order valence-electron chi connectivity index (χ2n) is 8.51. The quantitative estimate of drug-likeness (QED) is 0.414. The van der Waals surface area contributed by atoms with Gasteiger partial charge in [0.05, 0.1) is 23.8 Å². The number of nitrogens with one attached hydrogen (secondary N) is 1. The first-order valence-corrected chi connectivity index (χ1v) is 11.3. The van der Waals surface area contributed by atoms with E-state index in [2.05, 4.69) is 24.9 Å². The molecule has 1 aliphatic carbocycles. The van der Waals surface area contributed by atoms with Crippen molar-refractivity contribution in [3.05, 3.63) is 48.9 Å². The summed E-state index contributed by atoms with van der Waals surface area (Å²) in [5.41, 5.74) is 4.18. The number of rotatable bonds is 7. The molecule has 0 aliphatic heterocycles. The number of imidazole rings is 1. The number of hydrogen-bond acceptors (Lipinski definition) is 7. The van der Waals surface area contributed by atoms with Gasteiger partial charge in [-0.1, -0.05) is 0 Å². The van der Waals surface area contributed by atoms with Crippen LogP contribution in [0.3, 0.4) is 0 Å². The van der Waals surface area contributed by atoms with Gasteiger partial charge in [-0.15, -0.1) is 0 Å². The standard InChI is InChI=1S/C25H25N5O4/c1-33-19-7-9-21-22(11-19)30-24(29-21)16-4-8-20(26-12-16)17-13-27-25(28-14-17)34-18-5-2-15(3-6-18)10-23(31)32/h4,7-9,11-15,18H,2-3,5-6,10H2,1H3,(H,29,30)(H,31,32). The van der Waals surface area contributed by atoms with Crippen molar-refractivity contribution in [2.75, 3.05) is 7.11 Å². The van der Waals surface area contributed by atoms with Crippen LogP contribution in [0.2, 0.25) is 0 Å².